The predicted octanol–water partition coefficient (Wildman–Crippen LogP) is 5.60. The van der Waals surface area contributed by atoms with Crippen LogP contribution in [-0.4, -0.2) is 5.43 Å². The van der Waals surface area contributed by atoms with Crippen LogP contribution in [0.25, 0.3) is 43.8 Å². The van der Waals surface area contributed by atoms with Crippen LogP contribution in [0.1, 0.15) is 47.6 Å². The van der Waals surface area contributed by atoms with E-state index in [1.807, 2.05) is 0 Å². The Labute approximate surface area is 286 Å². The van der Waals surface area contributed by atoms with Crippen LogP contribution >= 0.6 is 0 Å². The summed E-state index contributed by atoms with van der Waals surface area (Å²) in [6, 6.07) is 37.6. The van der Waals surface area contributed by atoms with E-state index in [2.05, 4.69) is 158 Å². The molecule has 0 nitrogen and oxygen atoms in total. The van der Waals surface area contributed by atoms with E-state index in [1.165, 1.54) is 71.6 Å². The maximum atomic E-state index is 2.34. The predicted molar refractivity (Wildman–Crippen MR) is 180 cm³/mol. The third kappa shape index (κ3) is 9.39. The van der Waals surface area contributed by atoms with Crippen LogP contribution < -0.4 is 24.8 Å². The van der Waals surface area contributed by atoms with Gasteiger partial charge in [-0.25, -0.2) is 0 Å². The first-order valence-electron chi connectivity index (χ1n) is 14.6. The van der Waals surface area contributed by atoms with Crippen LogP contribution in [0.5, 0.6) is 0 Å². The van der Waals surface area contributed by atoms with Gasteiger partial charge in [0.05, 0.1) is 0 Å². The van der Waals surface area contributed by atoms with Crippen molar-refractivity contribution < 1.29 is 48.1 Å². The van der Waals surface area contributed by atoms with Crippen LogP contribution in [0.4, 0.5) is 0 Å². The zero-order chi connectivity index (χ0) is 29.7. The Kier molecular flexibility index (Phi) is 14.4. The van der Waals surface area contributed by atoms with Gasteiger partial charge in [0.15, 0.2) is 0 Å². The molecule has 0 unspecified atom stereocenters. The molecule has 6 aromatic rings. The molecule has 0 aliphatic heterocycles. The van der Waals surface area contributed by atoms with Crippen molar-refractivity contribution in [1.29, 1.82) is 0 Å². The van der Waals surface area contributed by atoms with Gasteiger partial charge in [-0.05, 0) is 42.0 Å². The number of hydrogen-bond acceptors (Lipinski definition) is 0. The van der Waals surface area contributed by atoms with E-state index in [1.54, 1.807) is 23.3 Å². The molecule has 4 heteroatoms. The molecule has 0 fully saturated rings. The molecule has 6 rings (SSSR count). The second-order valence-corrected chi connectivity index (χ2v) is 21.1. The molecule has 43 heavy (non-hydrogen) atoms. The first kappa shape index (κ1) is 37.0. The molecule has 0 N–H and O–H groups in total. The minimum atomic E-state index is 0. The van der Waals surface area contributed by atoms with Crippen LogP contribution in [0, 0.1) is 27.7 Å². The van der Waals surface area contributed by atoms with E-state index >= 15 is 0 Å². The Morgan fingerprint density at radius 1 is 0.605 bits per heavy atom. The molecule has 0 aliphatic rings. The number of hydrogen-bond donors (Lipinski definition) is 0. The Morgan fingerprint density at radius 3 is 1.86 bits per heavy atom. The van der Waals surface area contributed by atoms with Gasteiger partial charge in [0.2, 0.25) is 0 Å². The van der Waals surface area contributed by atoms with E-state index in [0.29, 0.717) is 5.92 Å². The molecule has 0 atom stereocenters. The van der Waals surface area contributed by atoms with Gasteiger partial charge in [0, 0.05) is 0 Å². The summed E-state index contributed by atoms with van der Waals surface area (Å²) in [5.74, 6) is 0.584. The van der Waals surface area contributed by atoms with Crippen molar-refractivity contribution in [3.8, 4) is 22.3 Å². The SMILES string of the molecule is CC(C)c1cc2c(-c3ccccc3)cccc2[cH-]1.C[Si](C)=[Zr+2].Cc1cc2c(-c3ccc(C)c(C)c3)ccc(C)c2[cH-]1.[Cl-].[Cl-]. The third-order valence-electron chi connectivity index (χ3n) is 7.59. The van der Waals surface area contributed by atoms with Gasteiger partial charge in [-0.3, -0.25) is 0 Å². The smallest absolute Gasteiger partial charge is 0.0276 e. The molecule has 0 saturated carbocycles. The van der Waals surface area contributed by atoms with Crippen molar-refractivity contribution in [2.24, 2.45) is 0 Å². The van der Waals surface area contributed by atoms with E-state index in [0.717, 1.165) is 0 Å². The van der Waals surface area contributed by atoms with E-state index < -0.39 is 0 Å². The molecule has 0 saturated heterocycles. The Morgan fingerprint density at radius 2 is 1.23 bits per heavy atom. The molecular formula is C39H42Cl2SiZr-2. The summed E-state index contributed by atoms with van der Waals surface area (Å²) in [6.07, 6.45) is 0. The van der Waals surface area contributed by atoms with Crippen molar-refractivity contribution >= 4 is 27.0 Å². The van der Waals surface area contributed by atoms with E-state index in [9.17, 15) is 0 Å². The minimum Gasteiger partial charge on any atom is -1.00 e. The molecule has 6 aromatic carbocycles. The molecule has 0 bridgehead atoms. The Hall–Kier alpha value is -2.22. The summed E-state index contributed by atoms with van der Waals surface area (Å²) < 4.78 is 0. The molecule has 0 spiro atoms. The quantitative estimate of drug-likeness (QED) is 0.167. The average Bonchev–Trinajstić information content (AvgIpc) is 3.55. The third-order valence-corrected chi connectivity index (χ3v) is 7.59. The largest absolute Gasteiger partial charge is 1.00 e. The maximum Gasteiger partial charge on any atom is -0.0276 e. The zero-order valence-corrected chi connectivity index (χ0v) is 31.6. The fourth-order valence-corrected chi connectivity index (χ4v) is 5.21. The number of aryl methyl sites for hydroxylation is 4. The van der Waals surface area contributed by atoms with Gasteiger partial charge >= 0.3 is 41.9 Å². The average molecular weight is 701 g/mol. The first-order valence-corrected chi connectivity index (χ1v) is 20.7. The second kappa shape index (κ2) is 16.7. The van der Waals surface area contributed by atoms with Gasteiger partial charge in [-0.15, -0.1) is 68.6 Å². The molecule has 0 heterocycles. The van der Waals surface area contributed by atoms with E-state index in [4.69, 9.17) is 0 Å². The monoisotopic (exact) mass is 698 g/mol. The Balaban J connectivity index is 0.000000257. The fourth-order valence-electron chi connectivity index (χ4n) is 5.21. The summed E-state index contributed by atoms with van der Waals surface area (Å²) in [7, 11) is 0. The fraction of sp³-hybridized carbons (Fsp3) is 0.231. The number of halogens is 2. The zero-order valence-electron chi connectivity index (χ0n) is 26.6. The van der Waals surface area contributed by atoms with Crippen molar-refractivity contribution in [2.45, 2.75) is 60.6 Å². The van der Waals surface area contributed by atoms with Crippen LogP contribution in [0.15, 0.2) is 103 Å². The summed E-state index contributed by atoms with van der Waals surface area (Å²) in [5.41, 5.74) is 12.3. The normalized spacial score (nSPS) is 10.3. The molecule has 0 aromatic heterocycles. The van der Waals surface area contributed by atoms with Crippen LogP contribution in [0.2, 0.25) is 13.1 Å². The topological polar surface area (TPSA) is 0 Å². The molecule has 222 valence electrons. The minimum absolute atomic E-state index is 0. The number of benzene rings is 4. The molecular weight excluding hydrogens is 659 g/mol. The van der Waals surface area contributed by atoms with Gasteiger partial charge in [0.1, 0.15) is 0 Å². The summed E-state index contributed by atoms with van der Waals surface area (Å²) >= 11 is 1.74. The Bertz CT molecular complexity index is 1790. The van der Waals surface area contributed by atoms with Crippen molar-refractivity contribution in [2.75, 3.05) is 0 Å². The molecule has 0 aliphatic carbocycles. The van der Waals surface area contributed by atoms with Gasteiger partial charge in [-0.1, -0.05) is 99.5 Å². The van der Waals surface area contributed by atoms with Gasteiger partial charge < -0.3 is 24.8 Å². The first-order chi connectivity index (χ1) is 19.5. The summed E-state index contributed by atoms with van der Waals surface area (Å²) in [4.78, 5) is 0. The van der Waals surface area contributed by atoms with E-state index in [-0.39, 0.29) is 30.2 Å². The van der Waals surface area contributed by atoms with Gasteiger partial charge in [0.25, 0.3) is 0 Å². The summed E-state index contributed by atoms with van der Waals surface area (Å²) in [5, 5.41) is 5.47. The van der Waals surface area contributed by atoms with Crippen molar-refractivity contribution in [3.05, 3.63) is 131 Å². The number of fused-ring (bicyclic) bond motifs is 2. The summed E-state index contributed by atoms with van der Waals surface area (Å²) in [6.45, 7) is 17.8. The van der Waals surface area contributed by atoms with Gasteiger partial charge in [-0.2, -0.15) is 12.1 Å². The molecule has 0 amide bonds. The van der Waals surface area contributed by atoms with Crippen LogP contribution in [-0.2, 0) is 23.3 Å². The molecule has 0 radical (unpaired) electrons. The maximum absolute atomic E-state index is 2.34. The standard InChI is InChI=1S/C19H19.C18H17.C2H6Si.2ClH.Zr/c1-12-9-18-14(3)6-8-17(19(18)10-12)16-7-5-13(2)15(4)11-16;1-13(2)16-11-15-9-6-10-17(18(15)12-16)14-7-4-3-5-8-14;1-3-2;;;/h5-11H,1-4H3;3-13H,1-2H3;1-2H3;2*1H;/q2*-1;;;;+2/p-2. The van der Waals surface area contributed by atoms with Crippen molar-refractivity contribution in [3.63, 3.8) is 0 Å². The van der Waals surface area contributed by atoms with Crippen molar-refractivity contribution in [1.82, 2.24) is 0 Å². The second-order valence-electron chi connectivity index (χ2n) is 11.7. The number of rotatable bonds is 3. The van der Waals surface area contributed by atoms with Crippen LogP contribution in [0.3, 0.4) is 0 Å².